The van der Waals surface area contributed by atoms with Gasteiger partial charge in [0, 0.05) is 0 Å². The van der Waals surface area contributed by atoms with E-state index in [0.29, 0.717) is 0 Å². The van der Waals surface area contributed by atoms with Gasteiger partial charge in [-0.15, -0.1) is 0 Å². The molecule has 24 heavy (non-hydrogen) atoms. The topological polar surface area (TPSA) is 0 Å². The lowest BCUT2D eigenvalue weighted by molar-refractivity contribution is 0.972. The molecule has 0 nitrogen and oxygen atoms in total. The Labute approximate surface area is 151 Å². The molecular formula is C24H38. The van der Waals surface area contributed by atoms with Gasteiger partial charge in [-0.2, -0.15) is 0 Å². The van der Waals surface area contributed by atoms with Crippen molar-refractivity contribution in [2.24, 2.45) is 0 Å². The van der Waals surface area contributed by atoms with Crippen molar-refractivity contribution in [1.29, 1.82) is 0 Å². The van der Waals surface area contributed by atoms with Crippen LogP contribution in [0.25, 0.3) is 0 Å². The van der Waals surface area contributed by atoms with Gasteiger partial charge in [0.2, 0.25) is 0 Å². The van der Waals surface area contributed by atoms with E-state index in [-0.39, 0.29) is 0 Å². The maximum absolute atomic E-state index is 2.32. The van der Waals surface area contributed by atoms with Crippen molar-refractivity contribution >= 4 is 0 Å². The molecule has 0 aliphatic rings. The predicted molar refractivity (Wildman–Crippen MR) is 112 cm³/mol. The molecule has 0 amide bonds. The van der Waals surface area contributed by atoms with Crippen LogP contribution in [-0.2, 0) is 0 Å². The third-order valence-corrected chi connectivity index (χ3v) is 3.64. The van der Waals surface area contributed by atoms with Crippen molar-refractivity contribution in [3.8, 4) is 0 Å². The fourth-order valence-corrected chi connectivity index (χ4v) is 2.24. The molecule has 0 unspecified atom stereocenters. The fraction of sp³-hybridized carbons (Fsp3) is 0.500. The monoisotopic (exact) mass is 326 g/mol. The van der Waals surface area contributed by atoms with Gasteiger partial charge in [0.15, 0.2) is 0 Å². The van der Waals surface area contributed by atoms with Gasteiger partial charge in [-0.3, -0.25) is 0 Å². The molecule has 0 heterocycles. The zero-order valence-corrected chi connectivity index (χ0v) is 16.0. The molecule has 0 aliphatic heterocycles. The highest BCUT2D eigenvalue weighted by Gasteiger charge is 1.81. The van der Waals surface area contributed by atoms with E-state index < -0.39 is 0 Å². The Morgan fingerprint density at radius 3 is 0.625 bits per heavy atom. The molecule has 134 valence electrons. The van der Waals surface area contributed by atoms with E-state index >= 15 is 0 Å². The first-order valence-electron chi connectivity index (χ1n) is 9.74. The van der Waals surface area contributed by atoms with Gasteiger partial charge in [0.25, 0.3) is 0 Å². The van der Waals surface area contributed by atoms with Gasteiger partial charge in [0.1, 0.15) is 0 Å². The van der Waals surface area contributed by atoms with Crippen molar-refractivity contribution in [1.82, 2.24) is 0 Å². The summed E-state index contributed by atoms with van der Waals surface area (Å²) in [4.78, 5) is 0. The normalized spacial score (nSPS) is 13.2. The van der Waals surface area contributed by atoms with Crippen molar-refractivity contribution < 1.29 is 0 Å². The van der Waals surface area contributed by atoms with Crippen molar-refractivity contribution in [3.63, 3.8) is 0 Å². The van der Waals surface area contributed by atoms with Crippen LogP contribution < -0.4 is 0 Å². The lowest BCUT2D eigenvalue weighted by Gasteiger charge is -1.91. The third-order valence-electron chi connectivity index (χ3n) is 3.64. The Morgan fingerprint density at radius 1 is 0.292 bits per heavy atom. The largest absolute Gasteiger partial charge is 0.0917 e. The Morgan fingerprint density at radius 2 is 0.458 bits per heavy atom. The molecular weight excluding hydrogens is 288 g/mol. The summed E-state index contributed by atoms with van der Waals surface area (Å²) in [6.07, 6.45) is 38.8. The van der Waals surface area contributed by atoms with Crippen molar-refractivity contribution in [2.45, 2.75) is 78.1 Å². The Balaban J connectivity index is 3.36. The molecule has 0 spiro atoms. The smallest absolute Gasteiger partial charge is 0.0316 e. The van der Waals surface area contributed by atoms with E-state index in [1.165, 1.54) is 64.2 Å². The molecule has 0 aromatic carbocycles. The van der Waals surface area contributed by atoms with Crippen LogP contribution in [-0.4, -0.2) is 0 Å². The van der Waals surface area contributed by atoms with Crippen molar-refractivity contribution in [2.75, 3.05) is 0 Å². The minimum atomic E-state index is 1.17. The molecule has 0 rings (SSSR count). The van der Waals surface area contributed by atoms with E-state index in [2.05, 4.69) is 86.8 Å². The number of hydrogen-bond acceptors (Lipinski definition) is 0. The minimum absolute atomic E-state index is 1.17. The van der Waals surface area contributed by atoms with Crippen LogP contribution in [0.1, 0.15) is 78.1 Å². The first kappa shape index (κ1) is 22.4. The molecule has 0 N–H and O–H groups in total. The van der Waals surface area contributed by atoms with Gasteiger partial charge in [-0.05, 0) is 78.1 Å². The number of allylic oxidation sites excluding steroid dienone is 12. The zero-order valence-electron chi connectivity index (χ0n) is 16.0. The summed E-state index contributed by atoms with van der Waals surface area (Å²) < 4.78 is 0. The van der Waals surface area contributed by atoms with Gasteiger partial charge in [-0.25, -0.2) is 0 Å². The van der Waals surface area contributed by atoms with Crippen LogP contribution >= 0.6 is 0 Å². The van der Waals surface area contributed by atoms with E-state index in [1.807, 2.05) is 0 Å². The Hall–Kier alpha value is -1.56. The Bertz CT molecular complexity index is 362. The lowest BCUT2D eigenvalue weighted by atomic mass is 10.2. The first-order chi connectivity index (χ1) is 11.9. The lowest BCUT2D eigenvalue weighted by Crippen LogP contribution is -1.70. The highest BCUT2D eigenvalue weighted by atomic mass is 13.9. The van der Waals surface area contributed by atoms with Crippen LogP contribution in [0.4, 0.5) is 0 Å². The molecule has 0 saturated heterocycles. The summed E-state index contributed by atoms with van der Waals surface area (Å²) in [7, 11) is 0. The van der Waals surface area contributed by atoms with Crippen LogP contribution in [0.15, 0.2) is 72.9 Å². The maximum Gasteiger partial charge on any atom is -0.0316 e. The van der Waals surface area contributed by atoms with E-state index in [9.17, 15) is 0 Å². The van der Waals surface area contributed by atoms with Crippen LogP contribution in [0, 0.1) is 0 Å². The predicted octanol–water partition coefficient (Wildman–Crippen LogP) is 8.26. The quantitative estimate of drug-likeness (QED) is 0.210. The second-order valence-corrected chi connectivity index (χ2v) is 5.91. The van der Waals surface area contributed by atoms with E-state index in [4.69, 9.17) is 0 Å². The fourth-order valence-electron chi connectivity index (χ4n) is 2.24. The second kappa shape index (κ2) is 21.4. The summed E-state index contributed by atoms with van der Waals surface area (Å²) >= 11 is 0. The number of unbranched alkanes of at least 4 members (excludes halogenated alkanes) is 5. The molecule has 0 saturated carbocycles. The van der Waals surface area contributed by atoms with E-state index in [0.717, 1.165) is 0 Å². The number of rotatable bonds is 15. The van der Waals surface area contributed by atoms with Crippen LogP contribution in [0.5, 0.6) is 0 Å². The van der Waals surface area contributed by atoms with Gasteiger partial charge >= 0.3 is 0 Å². The molecule has 0 heteroatoms. The van der Waals surface area contributed by atoms with Gasteiger partial charge in [0.05, 0.1) is 0 Å². The summed E-state index contributed by atoms with van der Waals surface area (Å²) in [5.74, 6) is 0. The first-order valence-corrected chi connectivity index (χ1v) is 9.74. The minimum Gasteiger partial charge on any atom is -0.0917 e. The average molecular weight is 327 g/mol. The number of hydrogen-bond donors (Lipinski definition) is 0. The Kier molecular flexibility index (Phi) is 20.0. The highest BCUT2D eigenvalue weighted by molar-refractivity contribution is 4.93. The molecule has 0 aromatic rings. The van der Waals surface area contributed by atoms with Gasteiger partial charge < -0.3 is 0 Å². The standard InChI is InChI=1S/C24H38/c1-3-5-7-9-11-13-15-17-19-21-23-24-22-20-18-16-14-12-10-8-6-4-2/h3-6,11-14,19-22H,7-10,15-18,23-24H2,1-2H3/b5-3+,6-4+,13-11+,14-12+,21-19+,22-20+. The zero-order chi connectivity index (χ0) is 17.6. The molecule has 0 aliphatic carbocycles. The average Bonchev–Trinajstić information content (AvgIpc) is 2.60. The van der Waals surface area contributed by atoms with Crippen LogP contribution in [0.2, 0.25) is 0 Å². The maximum atomic E-state index is 2.32. The second-order valence-electron chi connectivity index (χ2n) is 5.91. The third kappa shape index (κ3) is 20.4. The van der Waals surface area contributed by atoms with E-state index in [1.54, 1.807) is 0 Å². The highest BCUT2D eigenvalue weighted by Crippen LogP contribution is 2.02. The summed E-state index contributed by atoms with van der Waals surface area (Å²) in [6, 6.07) is 0. The molecule has 0 atom stereocenters. The SMILES string of the molecule is C/C=C/CC/C=C/CC/C=C/CC/C=C/CC/C=C/CC/C=C/C. The van der Waals surface area contributed by atoms with Crippen molar-refractivity contribution in [3.05, 3.63) is 72.9 Å². The molecule has 0 radical (unpaired) electrons. The van der Waals surface area contributed by atoms with Crippen LogP contribution in [0.3, 0.4) is 0 Å². The van der Waals surface area contributed by atoms with Gasteiger partial charge in [-0.1, -0.05) is 72.9 Å². The summed E-state index contributed by atoms with van der Waals surface area (Å²) in [6.45, 7) is 4.16. The molecule has 0 fully saturated rings. The molecule has 0 bridgehead atoms. The summed E-state index contributed by atoms with van der Waals surface area (Å²) in [5, 5.41) is 0. The molecule has 0 aromatic heterocycles. The summed E-state index contributed by atoms with van der Waals surface area (Å²) in [5.41, 5.74) is 0.